The predicted octanol–water partition coefficient (Wildman–Crippen LogP) is 5.83. The lowest BCUT2D eigenvalue weighted by Crippen LogP contribution is -2.23. The highest BCUT2D eigenvalue weighted by Gasteiger charge is 2.26. The molecule has 178 valence electrons. The van der Waals surface area contributed by atoms with Crippen LogP contribution >= 0.6 is 11.3 Å². The summed E-state index contributed by atoms with van der Waals surface area (Å²) in [4.78, 5) is 18.9. The van der Waals surface area contributed by atoms with Gasteiger partial charge < -0.3 is 5.32 Å². The number of hydrogen-bond acceptors (Lipinski definition) is 4. The number of benzene rings is 3. The molecule has 1 atom stereocenters. The molecule has 4 aromatic rings. The molecule has 0 bridgehead atoms. The molecule has 5 rings (SSSR count). The summed E-state index contributed by atoms with van der Waals surface area (Å²) in [5.74, 6) is -0.597. The summed E-state index contributed by atoms with van der Waals surface area (Å²) >= 11 is 1.41. The van der Waals surface area contributed by atoms with Crippen LogP contribution in [0.4, 0.5) is 15.2 Å². The van der Waals surface area contributed by atoms with E-state index >= 15 is 0 Å². The topological polar surface area (TPSA) is 62.3 Å². The van der Waals surface area contributed by atoms with Crippen molar-refractivity contribution in [1.29, 1.82) is 0 Å². The number of thiazole rings is 1. The number of carbonyl (C=O) groups is 1. The van der Waals surface area contributed by atoms with Crippen molar-refractivity contribution in [3.05, 3.63) is 94.1 Å². The summed E-state index contributed by atoms with van der Waals surface area (Å²) in [7, 11) is -1.26. The molecule has 3 aromatic carbocycles. The van der Waals surface area contributed by atoms with E-state index in [0.29, 0.717) is 17.2 Å². The van der Waals surface area contributed by atoms with Crippen LogP contribution in [0.2, 0.25) is 0 Å². The summed E-state index contributed by atoms with van der Waals surface area (Å²) in [5.41, 5.74) is 5.52. The Balaban J connectivity index is 1.33. The Labute approximate surface area is 210 Å². The first-order valence-electron chi connectivity index (χ1n) is 11.3. The second-order valence-corrected chi connectivity index (χ2v) is 11.1. The van der Waals surface area contributed by atoms with E-state index in [2.05, 4.69) is 16.4 Å². The van der Waals surface area contributed by atoms with Gasteiger partial charge in [-0.15, -0.1) is 11.3 Å². The Morgan fingerprint density at radius 1 is 1.11 bits per heavy atom. The monoisotopic (exact) mass is 505 g/mol. The van der Waals surface area contributed by atoms with E-state index in [1.54, 1.807) is 12.1 Å². The maximum absolute atomic E-state index is 13.4. The van der Waals surface area contributed by atoms with E-state index in [1.807, 2.05) is 54.6 Å². The first-order chi connectivity index (χ1) is 16.9. The molecule has 1 unspecified atom stereocenters. The van der Waals surface area contributed by atoms with Crippen LogP contribution in [0.15, 0.2) is 71.6 Å². The molecule has 0 radical (unpaired) electrons. The van der Waals surface area contributed by atoms with E-state index in [-0.39, 0.29) is 18.1 Å². The Morgan fingerprint density at radius 3 is 2.74 bits per heavy atom. The lowest BCUT2D eigenvalue weighted by Gasteiger charge is -2.19. The van der Waals surface area contributed by atoms with Crippen LogP contribution < -0.4 is 9.62 Å². The van der Waals surface area contributed by atoms with Crippen molar-refractivity contribution >= 4 is 39.0 Å². The number of hydrogen-bond donors (Lipinski definition) is 1. The fourth-order valence-electron chi connectivity index (χ4n) is 4.28. The zero-order valence-electron chi connectivity index (χ0n) is 19.4. The Kier molecular flexibility index (Phi) is 6.49. The van der Waals surface area contributed by atoms with Crippen molar-refractivity contribution in [2.45, 2.75) is 31.6 Å². The molecule has 0 aliphatic carbocycles. The Hall–Kier alpha value is -3.36. The normalized spacial score (nSPS) is 13.5. The third kappa shape index (κ3) is 4.90. The maximum Gasteiger partial charge on any atom is 0.230 e. The van der Waals surface area contributed by atoms with Gasteiger partial charge in [-0.25, -0.2) is 13.6 Å². The quantitative estimate of drug-likeness (QED) is 0.359. The molecule has 0 saturated carbocycles. The summed E-state index contributed by atoms with van der Waals surface area (Å²) in [5, 5.41) is 3.35. The van der Waals surface area contributed by atoms with Gasteiger partial charge in [-0.1, -0.05) is 36.4 Å². The lowest BCUT2D eigenvalue weighted by molar-refractivity contribution is -0.115. The van der Waals surface area contributed by atoms with Crippen molar-refractivity contribution in [1.82, 2.24) is 4.98 Å². The first-order valence-corrected chi connectivity index (χ1v) is 13.2. The summed E-state index contributed by atoms with van der Waals surface area (Å²) < 4.78 is 28.6. The molecule has 0 fully saturated rings. The van der Waals surface area contributed by atoms with Gasteiger partial charge in [0, 0.05) is 17.0 Å². The van der Waals surface area contributed by atoms with Crippen LogP contribution in [-0.2, 0) is 28.6 Å². The van der Waals surface area contributed by atoms with E-state index in [4.69, 9.17) is 0 Å². The van der Waals surface area contributed by atoms with E-state index in [0.717, 1.165) is 44.3 Å². The van der Waals surface area contributed by atoms with Gasteiger partial charge >= 0.3 is 0 Å². The number of aromatic nitrogens is 1. The third-order valence-corrected chi connectivity index (χ3v) is 8.48. The highest BCUT2D eigenvalue weighted by molar-refractivity contribution is 7.86. The number of carbonyl (C=O) groups excluding carboxylic acids is 1. The van der Waals surface area contributed by atoms with Crippen molar-refractivity contribution < 1.29 is 13.4 Å². The molecule has 1 aliphatic rings. The van der Waals surface area contributed by atoms with Crippen molar-refractivity contribution in [2.75, 3.05) is 16.2 Å². The minimum absolute atomic E-state index is 0.0818. The number of amides is 1. The Bertz CT molecular complexity index is 1450. The molecule has 1 N–H and O–H groups in total. The molecular formula is C27H24FN3O2S2. The van der Waals surface area contributed by atoms with E-state index in [1.165, 1.54) is 23.5 Å². The summed E-state index contributed by atoms with van der Waals surface area (Å²) in [6.45, 7) is 4.64. The van der Waals surface area contributed by atoms with Gasteiger partial charge in [-0.3, -0.25) is 9.10 Å². The van der Waals surface area contributed by atoms with E-state index in [9.17, 15) is 13.4 Å². The van der Waals surface area contributed by atoms with Crippen LogP contribution in [0.5, 0.6) is 0 Å². The lowest BCUT2D eigenvalue weighted by atomic mass is 10.1. The summed E-state index contributed by atoms with van der Waals surface area (Å²) in [6, 6.07) is 19.9. The second kappa shape index (κ2) is 9.71. The molecular weight excluding hydrogens is 481 g/mol. The van der Waals surface area contributed by atoms with Crippen LogP contribution in [0.3, 0.4) is 0 Å². The minimum atomic E-state index is -1.26. The average molecular weight is 506 g/mol. The first kappa shape index (κ1) is 23.4. The molecule has 1 amide bonds. The molecule has 1 aliphatic heterocycles. The average Bonchev–Trinajstić information content (AvgIpc) is 3.41. The van der Waals surface area contributed by atoms with Gasteiger partial charge in [-0.05, 0) is 67.3 Å². The second-order valence-electron chi connectivity index (χ2n) is 8.49. The van der Waals surface area contributed by atoms with Gasteiger partial charge in [0.1, 0.15) is 5.82 Å². The Morgan fingerprint density at radius 2 is 1.94 bits per heavy atom. The van der Waals surface area contributed by atoms with Gasteiger partial charge in [-0.2, -0.15) is 0 Å². The molecule has 5 nitrogen and oxygen atoms in total. The van der Waals surface area contributed by atoms with Gasteiger partial charge in [0.05, 0.1) is 22.7 Å². The van der Waals surface area contributed by atoms with Crippen molar-refractivity contribution in [2.24, 2.45) is 0 Å². The highest BCUT2D eigenvalue weighted by atomic mass is 32.2. The number of halogens is 1. The number of anilines is 2. The molecule has 0 spiro atoms. The fraction of sp³-hybridized carbons (Fsp3) is 0.185. The van der Waals surface area contributed by atoms with E-state index < -0.39 is 11.0 Å². The minimum Gasteiger partial charge on any atom is -0.302 e. The maximum atomic E-state index is 13.4. The smallest absolute Gasteiger partial charge is 0.230 e. The number of nitrogens with zero attached hydrogens (tertiary/aromatic N) is 2. The third-order valence-electron chi connectivity index (χ3n) is 5.98. The highest BCUT2D eigenvalue weighted by Crippen LogP contribution is 2.37. The van der Waals surface area contributed by atoms with Crippen LogP contribution in [-0.4, -0.2) is 21.6 Å². The number of aryl methyl sites for hydroxylation is 2. The molecule has 35 heavy (non-hydrogen) atoms. The van der Waals surface area contributed by atoms with Crippen LogP contribution in [0.1, 0.15) is 21.6 Å². The molecule has 8 heteroatoms. The standard InChI is InChI=1S/C27H24FN3O2S2/c1-17-6-3-4-9-24(17)35(33)31-13-12-20-16-21(10-11-23(20)31)26-18(2)34-27(30-26)29-25(32)15-19-7-5-8-22(28)14-19/h3-11,14,16H,12-13,15H2,1-2H3,(H,29,30,32). The number of fused-ring (bicyclic) bond motifs is 1. The molecule has 0 saturated heterocycles. The van der Waals surface area contributed by atoms with Crippen molar-refractivity contribution in [3.8, 4) is 11.3 Å². The summed E-state index contributed by atoms with van der Waals surface area (Å²) in [6.07, 6.45) is 0.889. The van der Waals surface area contributed by atoms with Crippen LogP contribution in [0.25, 0.3) is 11.3 Å². The van der Waals surface area contributed by atoms with Gasteiger partial charge in [0.25, 0.3) is 0 Å². The van der Waals surface area contributed by atoms with Gasteiger partial charge in [0.2, 0.25) is 5.91 Å². The zero-order valence-corrected chi connectivity index (χ0v) is 21.0. The van der Waals surface area contributed by atoms with Gasteiger partial charge in [0.15, 0.2) is 16.1 Å². The molecule has 1 aromatic heterocycles. The number of rotatable bonds is 6. The predicted molar refractivity (Wildman–Crippen MR) is 140 cm³/mol. The largest absolute Gasteiger partial charge is 0.302 e. The molecule has 2 heterocycles. The fourth-order valence-corrected chi connectivity index (χ4v) is 6.52. The SMILES string of the molecule is Cc1ccccc1S(=O)N1CCc2cc(-c3nc(NC(=O)Cc4cccc(F)c4)sc3C)ccc21. The van der Waals surface area contributed by atoms with Crippen LogP contribution in [0, 0.1) is 19.7 Å². The number of nitrogens with one attached hydrogen (secondary N) is 1. The zero-order chi connectivity index (χ0) is 24.5. The van der Waals surface area contributed by atoms with Crippen molar-refractivity contribution in [3.63, 3.8) is 0 Å².